The topological polar surface area (TPSA) is 67.8 Å². The smallest absolute Gasteiger partial charge is 0.259 e. The van der Waals surface area contributed by atoms with Crippen LogP contribution in [-0.4, -0.2) is 20.9 Å². The van der Waals surface area contributed by atoms with Crippen LogP contribution in [0.4, 0.5) is 9.52 Å². The number of rotatable bonds is 4. The monoisotopic (exact) mass is 390 g/mol. The van der Waals surface area contributed by atoms with Crippen LogP contribution in [0.2, 0.25) is 0 Å². The SMILES string of the molecule is Cc1cc(-c2sc(NC(=O)c3cccnc3)nc2-c2ccc(F)cc2)ccn1. The van der Waals surface area contributed by atoms with Crippen molar-refractivity contribution < 1.29 is 9.18 Å². The van der Waals surface area contributed by atoms with Gasteiger partial charge in [-0.3, -0.25) is 20.1 Å². The number of halogens is 1. The maximum Gasteiger partial charge on any atom is 0.259 e. The molecule has 0 fully saturated rings. The molecule has 1 N–H and O–H groups in total. The van der Waals surface area contributed by atoms with Crippen LogP contribution in [0.25, 0.3) is 21.7 Å². The van der Waals surface area contributed by atoms with Gasteiger partial charge in [0.25, 0.3) is 5.91 Å². The number of anilines is 1. The fourth-order valence-corrected chi connectivity index (χ4v) is 3.70. The number of carbonyl (C=O) groups is 1. The minimum atomic E-state index is -0.314. The van der Waals surface area contributed by atoms with Gasteiger partial charge in [-0.15, -0.1) is 0 Å². The zero-order valence-electron chi connectivity index (χ0n) is 14.9. The van der Waals surface area contributed by atoms with Crippen molar-refractivity contribution >= 4 is 22.4 Å². The highest BCUT2D eigenvalue weighted by Gasteiger charge is 2.17. The van der Waals surface area contributed by atoms with Crippen molar-refractivity contribution in [2.75, 3.05) is 5.32 Å². The molecule has 0 aliphatic heterocycles. The van der Waals surface area contributed by atoms with Crippen molar-refractivity contribution in [3.8, 4) is 21.7 Å². The van der Waals surface area contributed by atoms with Crippen molar-refractivity contribution in [3.05, 3.63) is 84.2 Å². The molecule has 0 aliphatic carbocycles. The molecule has 3 heterocycles. The summed E-state index contributed by atoms with van der Waals surface area (Å²) in [6, 6.07) is 13.4. The number of amides is 1. The Balaban J connectivity index is 1.75. The number of pyridine rings is 2. The Morgan fingerprint density at radius 3 is 2.61 bits per heavy atom. The van der Waals surface area contributed by atoms with E-state index in [9.17, 15) is 9.18 Å². The molecule has 4 aromatic rings. The molecule has 0 unspecified atom stereocenters. The number of aryl methyl sites for hydroxylation is 1. The number of nitrogens with zero attached hydrogens (tertiary/aromatic N) is 3. The van der Waals surface area contributed by atoms with Gasteiger partial charge in [0.1, 0.15) is 5.82 Å². The van der Waals surface area contributed by atoms with Crippen molar-refractivity contribution in [2.45, 2.75) is 6.92 Å². The largest absolute Gasteiger partial charge is 0.298 e. The number of benzene rings is 1. The summed E-state index contributed by atoms with van der Waals surface area (Å²) in [6.45, 7) is 1.91. The fourth-order valence-electron chi connectivity index (χ4n) is 2.73. The van der Waals surface area contributed by atoms with Crippen molar-refractivity contribution in [1.29, 1.82) is 0 Å². The lowest BCUT2D eigenvalue weighted by Crippen LogP contribution is -2.11. The lowest BCUT2D eigenvalue weighted by molar-refractivity contribution is 0.102. The van der Waals surface area contributed by atoms with Crippen molar-refractivity contribution in [1.82, 2.24) is 15.0 Å². The van der Waals surface area contributed by atoms with E-state index in [2.05, 4.69) is 20.3 Å². The van der Waals surface area contributed by atoms with Gasteiger partial charge in [0, 0.05) is 29.8 Å². The number of carbonyl (C=O) groups excluding carboxylic acids is 1. The molecular formula is C21H15FN4OS. The van der Waals surface area contributed by atoms with E-state index in [1.165, 1.54) is 29.7 Å². The summed E-state index contributed by atoms with van der Waals surface area (Å²) in [5.74, 6) is -0.602. The number of hydrogen-bond donors (Lipinski definition) is 1. The van der Waals surface area contributed by atoms with Gasteiger partial charge in [-0.05, 0) is 61.0 Å². The Labute approximate surface area is 165 Å². The lowest BCUT2D eigenvalue weighted by Gasteiger charge is -2.03. The van der Waals surface area contributed by atoms with Gasteiger partial charge >= 0.3 is 0 Å². The molecule has 0 saturated carbocycles. The first kappa shape index (κ1) is 17.9. The molecule has 28 heavy (non-hydrogen) atoms. The molecule has 138 valence electrons. The second-order valence-electron chi connectivity index (χ2n) is 6.09. The molecule has 0 bridgehead atoms. The molecule has 5 nitrogen and oxygen atoms in total. The van der Waals surface area contributed by atoms with Crippen molar-refractivity contribution in [2.24, 2.45) is 0 Å². The number of nitrogens with one attached hydrogen (secondary N) is 1. The summed E-state index contributed by atoms with van der Waals surface area (Å²) < 4.78 is 13.4. The molecule has 4 rings (SSSR count). The van der Waals surface area contributed by atoms with Crippen LogP contribution in [-0.2, 0) is 0 Å². The summed E-state index contributed by atoms with van der Waals surface area (Å²) in [7, 11) is 0. The number of aromatic nitrogens is 3. The Hall–Kier alpha value is -3.45. The first-order valence-corrected chi connectivity index (χ1v) is 9.33. The second-order valence-corrected chi connectivity index (χ2v) is 7.08. The van der Waals surface area contributed by atoms with E-state index in [1.807, 2.05) is 19.1 Å². The predicted molar refractivity (Wildman–Crippen MR) is 108 cm³/mol. The van der Waals surface area contributed by atoms with Crippen LogP contribution in [0, 0.1) is 12.7 Å². The van der Waals surface area contributed by atoms with Gasteiger partial charge in [0.2, 0.25) is 0 Å². The molecule has 7 heteroatoms. The summed E-state index contributed by atoms with van der Waals surface area (Å²) in [5.41, 5.74) is 3.70. The fraction of sp³-hybridized carbons (Fsp3) is 0.0476. The first-order chi connectivity index (χ1) is 13.6. The average Bonchev–Trinajstić information content (AvgIpc) is 3.13. The quantitative estimate of drug-likeness (QED) is 0.534. The van der Waals surface area contributed by atoms with Crippen LogP contribution in [0.15, 0.2) is 67.1 Å². The van der Waals surface area contributed by atoms with E-state index in [1.54, 1.807) is 36.7 Å². The third kappa shape index (κ3) is 3.79. The Bertz CT molecular complexity index is 1130. The third-order valence-electron chi connectivity index (χ3n) is 4.05. The lowest BCUT2D eigenvalue weighted by atomic mass is 10.1. The number of thiazole rings is 1. The van der Waals surface area contributed by atoms with E-state index < -0.39 is 0 Å². The zero-order valence-corrected chi connectivity index (χ0v) is 15.7. The van der Waals surface area contributed by atoms with Crippen molar-refractivity contribution in [3.63, 3.8) is 0 Å². The van der Waals surface area contributed by atoms with E-state index >= 15 is 0 Å². The second kappa shape index (κ2) is 7.66. The van der Waals surface area contributed by atoms with Crippen LogP contribution >= 0.6 is 11.3 Å². The minimum absolute atomic E-state index is 0.287. The summed E-state index contributed by atoms with van der Waals surface area (Å²) >= 11 is 1.36. The van der Waals surface area contributed by atoms with Crippen LogP contribution in [0.5, 0.6) is 0 Å². The average molecular weight is 390 g/mol. The summed E-state index contributed by atoms with van der Waals surface area (Å²) in [4.78, 5) is 26.1. The molecule has 1 amide bonds. The molecule has 0 radical (unpaired) electrons. The van der Waals surface area contributed by atoms with Gasteiger partial charge in [0.05, 0.1) is 16.1 Å². The third-order valence-corrected chi connectivity index (χ3v) is 5.07. The minimum Gasteiger partial charge on any atom is -0.298 e. The highest BCUT2D eigenvalue weighted by molar-refractivity contribution is 7.19. The Morgan fingerprint density at radius 2 is 1.89 bits per heavy atom. The predicted octanol–water partition coefficient (Wildman–Crippen LogP) is 4.97. The molecule has 0 aliphatic rings. The molecule has 1 aromatic carbocycles. The van der Waals surface area contributed by atoms with Gasteiger partial charge < -0.3 is 0 Å². The van der Waals surface area contributed by atoms with Gasteiger partial charge in [-0.1, -0.05) is 11.3 Å². The molecular weight excluding hydrogens is 375 g/mol. The Kier molecular flexibility index (Phi) is 4.90. The standard InChI is InChI=1S/C21H15FN4OS/c1-13-11-15(8-10-24-13)19-18(14-4-6-17(22)7-5-14)25-21(28-19)26-20(27)16-3-2-9-23-12-16/h2-12H,1H3,(H,25,26,27). The van der Waals surface area contributed by atoms with Crippen LogP contribution in [0.3, 0.4) is 0 Å². The van der Waals surface area contributed by atoms with E-state index in [0.29, 0.717) is 16.4 Å². The van der Waals surface area contributed by atoms with E-state index in [-0.39, 0.29) is 11.7 Å². The highest BCUT2D eigenvalue weighted by atomic mass is 32.1. The maximum absolute atomic E-state index is 13.4. The first-order valence-electron chi connectivity index (χ1n) is 8.51. The molecule has 0 saturated heterocycles. The van der Waals surface area contributed by atoms with Gasteiger partial charge in [-0.25, -0.2) is 9.37 Å². The number of hydrogen-bond acceptors (Lipinski definition) is 5. The zero-order chi connectivity index (χ0) is 19.5. The highest BCUT2D eigenvalue weighted by Crippen LogP contribution is 2.39. The van der Waals surface area contributed by atoms with Crippen LogP contribution in [0.1, 0.15) is 16.1 Å². The summed E-state index contributed by atoms with van der Waals surface area (Å²) in [5, 5.41) is 3.28. The van der Waals surface area contributed by atoms with Crippen LogP contribution < -0.4 is 5.32 Å². The molecule has 0 atom stereocenters. The summed E-state index contributed by atoms with van der Waals surface area (Å²) in [6.07, 6.45) is 4.83. The van der Waals surface area contributed by atoms with E-state index in [4.69, 9.17) is 0 Å². The molecule has 3 aromatic heterocycles. The Morgan fingerprint density at radius 1 is 1.07 bits per heavy atom. The molecule has 0 spiro atoms. The normalized spacial score (nSPS) is 10.6. The van der Waals surface area contributed by atoms with Gasteiger partial charge in [0.15, 0.2) is 5.13 Å². The maximum atomic E-state index is 13.4. The van der Waals surface area contributed by atoms with Gasteiger partial charge in [-0.2, -0.15) is 0 Å². The van der Waals surface area contributed by atoms with E-state index in [0.717, 1.165) is 21.7 Å².